The van der Waals surface area contributed by atoms with Crippen molar-refractivity contribution >= 4 is 22.5 Å². The maximum atomic E-state index is 12.1. The van der Waals surface area contributed by atoms with Crippen LogP contribution in [0.15, 0.2) is 24.4 Å². The second-order valence-corrected chi connectivity index (χ2v) is 5.74. The molecule has 0 spiro atoms. The normalized spacial score (nSPS) is 16.5. The molecule has 3 rings (SSSR count). The number of aromatic nitrogens is 1. The van der Waals surface area contributed by atoms with Gasteiger partial charge < -0.3 is 20.3 Å². The summed E-state index contributed by atoms with van der Waals surface area (Å²) < 4.78 is 36.4. The molecule has 1 aromatic carbocycles. The molecule has 5 nitrogen and oxygen atoms in total. The third-order valence-electron chi connectivity index (χ3n) is 3.96. The Morgan fingerprint density at radius 1 is 1.39 bits per heavy atom. The van der Waals surface area contributed by atoms with Crippen molar-refractivity contribution in [2.75, 3.05) is 25.0 Å². The third-order valence-corrected chi connectivity index (χ3v) is 3.96. The molecule has 1 fully saturated rings. The minimum atomic E-state index is -4.17. The van der Waals surface area contributed by atoms with Crippen LogP contribution in [0.5, 0.6) is 5.75 Å². The molecule has 8 heteroatoms. The van der Waals surface area contributed by atoms with Crippen LogP contribution in [0.2, 0.25) is 0 Å². The van der Waals surface area contributed by atoms with Gasteiger partial charge >= 0.3 is 6.18 Å². The minimum Gasteiger partial charge on any atom is -0.508 e. The van der Waals surface area contributed by atoms with Crippen LogP contribution in [0.4, 0.5) is 18.9 Å². The van der Waals surface area contributed by atoms with Crippen LogP contribution >= 0.6 is 0 Å². The first kappa shape index (κ1) is 15.7. The lowest BCUT2D eigenvalue weighted by Gasteiger charge is -2.38. The SMILES string of the molecule is O=C(Nc1c[nH]c2ccc(O)cc12)C1CN(CCC(F)(F)F)C1. The van der Waals surface area contributed by atoms with Crippen LogP contribution in [0.3, 0.4) is 0 Å². The molecule has 0 saturated carbocycles. The molecule has 3 N–H and O–H groups in total. The number of phenols is 1. The van der Waals surface area contributed by atoms with E-state index in [1.54, 1.807) is 17.2 Å². The van der Waals surface area contributed by atoms with Crippen molar-refractivity contribution in [3.05, 3.63) is 24.4 Å². The lowest BCUT2D eigenvalue weighted by atomic mass is 9.98. The van der Waals surface area contributed by atoms with Gasteiger partial charge in [-0.2, -0.15) is 13.2 Å². The predicted molar refractivity (Wildman–Crippen MR) is 79.2 cm³/mol. The van der Waals surface area contributed by atoms with Gasteiger partial charge in [-0.15, -0.1) is 0 Å². The Balaban J connectivity index is 1.55. The topological polar surface area (TPSA) is 68.4 Å². The summed E-state index contributed by atoms with van der Waals surface area (Å²) in [7, 11) is 0. The molecule has 2 aromatic rings. The number of likely N-dealkylation sites (tertiary alicyclic amines) is 1. The van der Waals surface area contributed by atoms with Gasteiger partial charge in [-0.25, -0.2) is 0 Å². The van der Waals surface area contributed by atoms with Gasteiger partial charge in [-0.3, -0.25) is 4.79 Å². The number of aromatic hydroxyl groups is 1. The number of rotatable bonds is 4. The number of carbonyl (C=O) groups excluding carboxylic acids is 1. The summed E-state index contributed by atoms with van der Waals surface area (Å²) in [5, 5.41) is 13.0. The van der Waals surface area contributed by atoms with Crippen LogP contribution < -0.4 is 5.32 Å². The van der Waals surface area contributed by atoms with Gasteiger partial charge in [0.25, 0.3) is 0 Å². The average Bonchev–Trinajstić information content (AvgIpc) is 2.78. The highest BCUT2D eigenvalue weighted by atomic mass is 19.4. The van der Waals surface area contributed by atoms with E-state index < -0.39 is 12.6 Å². The zero-order valence-corrected chi connectivity index (χ0v) is 12.2. The standard InChI is InChI=1S/C15H16F3N3O2/c16-15(17,18)3-4-21-7-9(8-21)14(23)20-13-6-19-12-2-1-10(22)5-11(12)13/h1-2,5-6,9,19,22H,3-4,7-8H2,(H,20,23). The molecule has 124 valence electrons. The van der Waals surface area contributed by atoms with Gasteiger partial charge in [-0.1, -0.05) is 0 Å². The molecule has 0 atom stereocenters. The summed E-state index contributed by atoms with van der Waals surface area (Å²) in [6.45, 7) is 0.583. The minimum absolute atomic E-state index is 0.0752. The number of amides is 1. The first-order chi connectivity index (χ1) is 10.8. The molecule has 1 amide bonds. The Bertz CT molecular complexity index is 720. The largest absolute Gasteiger partial charge is 0.508 e. The average molecular weight is 327 g/mol. The molecular formula is C15H16F3N3O2. The van der Waals surface area contributed by atoms with Gasteiger partial charge in [0.2, 0.25) is 5.91 Å². The Morgan fingerprint density at radius 2 is 2.13 bits per heavy atom. The second-order valence-electron chi connectivity index (χ2n) is 5.74. The number of fused-ring (bicyclic) bond motifs is 1. The van der Waals surface area contributed by atoms with Crippen molar-refractivity contribution in [3.8, 4) is 5.75 Å². The van der Waals surface area contributed by atoms with Gasteiger partial charge in [0.1, 0.15) is 5.75 Å². The van der Waals surface area contributed by atoms with Crippen molar-refractivity contribution in [1.29, 1.82) is 0 Å². The number of aromatic amines is 1. The Hall–Kier alpha value is -2.22. The maximum Gasteiger partial charge on any atom is 0.390 e. The van der Waals surface area contributed by atoms with Gasteiger partial charge in [0.15, 0.2) is 0 Å². The fourth-order valence-electron chi connectivity index (χ4n) is 2.65. The Morgan fingerprint density at radius 3 is 2.83 bits per heavy atom. The van der Waals surface area contributed by atoms with E-state index in [0.29, 0.717) is 24.2 Å². The molecule has 1 aliphatic heterocycles. The number of benzene rings is 1. The van der Waals surface area contributed by atoms with Crippen molar-refractivity contribution in [2.45, 2.75) is 12.6 Å². The van der Waals surface area contributed by atoms with Crippen LogP contribution in [0, 0.1) is 5.92 Å². The molecule has 2 heterocycles. The highest BCUT2D eigenvalue weighted by Gasteiger charge is 2.35. The lowest BCUT2D eigenvalue weighted by Crippen LogP contribution is -2.52. The summed E-state index contributed by atoms with van der Waals surface area (Å²) in [5.74, 6) is -0.447. The number of anilines is 1. The zero-order valence-electron chi connectivity index (χ0n) is 12.2. The lowest BCUT2D eigenvalue weighted by molar-refractivity contribution is -0.143. The fraction of sp³-hybridized carbons (Fsp3) is 0.400. The molecule has 0 bridgehead atoms. The van der Waals surface area contributed by atoms with Crippen LogP contribution in [-0.4, -0.2) is 46.7 Å². The number of hydrogen-bond donors (Lipinski definition) is 3. The van der Waals surface area contributed by atoms with Gasteiger partial charge in [0, 0.05) is 36.7 Å². The van der Waals surface area contributed by atoms with Gasteiger partial charge in [0.05, 0.1) is 18.0 Å². The van der Waals surface area contributed by atoms with Crippen molar-refractivity contribution < 1.29 is 23.1 Å². The van der Waals surface area contributed by atoms with E-state index >= 15 is 0 Å². The number of alkyl halides is 3. The predicted octanol–water partition coefficient (Wildman–Crippen LogP) is 2.70. The quantitative estimate of drug-likeness (QED) is 0.809. The summed E-state index contributed by atoms with van der Waals surface area (Å²) in [4.78, 5) is 16.7. The molecule has 1 saturated heterocycles. The molecule has 23 heavy (non-hydrogen) atoms. The first-order valence-electron chi connectivity index (χ1n) is 7.22. The zero-order chi connectivity index (χ0) is 16.6. The molecule has 1 aromatic heterocycles. The van der Waals surface area contributed by atoms with Crippen molar-refractivity contribution in [1.82, 2.24) is 9.88 Å². The summed E-state index contributed by atoms with van der Waals surface area (Å²) in [6, 6.07) is 4.77. The number of hydrogen-bond acceptors (Lipinski definition) is 3. The van der Waals surface area contributed by atoms with Crippen molar-refractivity contribution in [3.63, 3.8) is 0 Å². The number of halogens is 3. The Kier molecular flexibility index (Phi) is 3.93. The summed E-state index contributed by atoms with van der Waals surface area (Å²) in [5.41, 5.74) is 1.33. The molecule has 0 aliphatic carbocycles. The molecule has 1 aliphatic rings. The van der Waals surface area contributed by atoms with E-state index in [1.165, 1.54) is 12.1 Å². The van der Waals surface area contributed by atoms with E-state index in [4.69, 9.17) is 0 Å². The van der Waals surface area contributed by atoms with Crippen molar-refractivity contribution in [2.24, 2.45) is 5.92 Å². The number of nitrogens with zero attached hydrogens (tertiary/aromatic N) is 1. The molecule has 0 radical (unpaired) electrons. The monoisotopic (exact) mass is 327 g/mol. The highest BCUT2D eigenvalue weighted by Crippen LogP contribution is 2.28. The highest BCUT2D eigenvalue weighted by molar-refractivity contribution is 6.03. The van der Waals surface area contributed by atoms with Crippen LogP contribution in [0.1, 0.15) is 6.42 Å². The summed E-state index contributed by atoms with van der Waals surface area (Å²) in [6.07, 6.45) is -3.40. The Labute approximate surface area is 130 Å². The smallest absolute Gasteiger partial charge is 0.390 e. The van der Waals surface area contributed by atoms with E-state index in [0.717, 1.165) is 5.52 Å². The van der Waals surface area contributed by atoms with E-state index in [2.05, 4.69) is 10.3 Å². The number of H-pyrrole nitrogens is 1. The third kappa shape index (κ3) is 3.58. The second kappa shape index (κ2) is 5.77. The van der Waals surface area contributed by atoms with Crippen LogP contribution in [0.25, 0.3) is 10.9 Å². The van der Waals surface area contributed by atoms with Crippen LogP contribution in [-0.2, 0) is 4.79 Å². The van der Waals surface area contributed by atoms with E-state index in [1.807, 2.05) is 0 Å². The number of phenolic OH excluding ortho intramolecular Hbond substituents is 1. The summed E-state index contributed by atoms with van der Waals surface area (Å²) >= 11 is 0. The fourth-order valence-corrected chi connectivity index (χ4v) is 2.65. The van der Waals surface area contributed by atoms with Gasteiger partial charge in [-0.05, 0) is 18.2 Å². The molecule has 0 unspecified atom stereocenters. The number of carbonyl (C=O) groups is 1. The van der Waals surface area contributed by atoms with E-state index in [9.17, 15) is 23.1 Å². The number of nitrogens with one attached hydrogen (secondary N) is 2. The molecular weight excluding hydrogens is 311 g/mol. The maximum absolute atomic E-state index is 12.1. The van der Waals surface area contributed by atoms with E-state index in [-0.39, 0.29) is 24.1 Å². The first-order valence-corrected chi connectivity index (χ1v) is 7.22.